The molecule has 0 fully saturated rings. The molecule has 3 rings (SSSR count). The second-order valence-corrected chi connectivity index (χ2v) is 6.85. The molecular weight excluding hydrogens is 263 g/mol. The Morgan fingerprint density at radius 1 is 0.850 bits per heavy atom. The number of hydrogen-bond donors (Lipinski definition) is 1. The summed E-state index contributed by atoms with van der Waals surface area (Å²) in [4.78, 5) is 0. The summed E-state index contributed by atoms with van der Waals surface area (Å²) in [6.07, 6.45) is 6.82. The monoisotopic (exact) mass is 282 g/mol. The summed E-state index contributed by atoms with van der Waals surface area (Å²) in [6, 6.07) is 21.5. The van der Waals surface area contributed by atoms with Crippen molar-refractivity contribution < 1.29 is 0 Å². The predicted molar refractivity (Wildman–Crippen MR) is 87.3 cm³/mol. The van der Waals surface area contributed by atoms with Crippen LogP contribution in [0.1, 0.15) is 12.8 Å². The topological polar surface area (TPSA) is 15.3 Å². The van der Waals surface area contributed by atoms with Gasteiger partial charge < -0.3 is 0 Å². The zero-order chi connectivity index (χ0) is 13.6. The standard InChI is InChI=1S/C17H19N2P/c1-4-10-16(11-5-1)20(17-12-6-2-7-13-17)19-15-9-3-8-14-18-19/h1-2,4-7,9-13,15,18H,3,8,14H2. The van der Waals surface area contributed by atoms with Gasteiger partial charge in [-0.25, -0.2) is 5.43 Å². The molecule has 0 saturated carbocycles. The van der Waals surface area contributed by atoms with Gasteiger partial charge in [0.15, 0.2) is 0 Å². The molecule has 1 heterocycles. The van der Waals surface area contributed by atoms with E-state index in [0.29, 0.717) is 0 Å². The fourth-order valence-corrected chi connectivity index (χ4v) is 4.49. The fraction of sp³-hybridized carbons (Fsp3) is 0.176. The highest BCUT2D eigenvalue weighted by Crippen LogP contribution is 2.37. The van der Waals surface area contributed by atoms with E-state index in [-0.39, 0.29) is 0 Å². The molecule has 0 atom stereocenters. The van der Waals surface area contributed by atoms with E-state index < -0.39 is 8.07 Å². The summed E-state index contributed by atoms with van der Waals surface area (Å²) in [7, 11) is -0.551. The van der Waals surface area contributed by atoms with E-state index in [0.717, 1.165) is 13.0 Å². The number of hydrogen-bond acceptors (Lipinski definition) is 2. The summed E-state index contributed by atoms with van der Waals surface area (Å²) >= 11 is 0. The van der Waals surface area contributed by atoms with Crippen molar-refractivity contribution in [1.29, 1.82) is 0 Å². The average molecular weight is 282 g/mol. The van der Waals surface area contributed by atoms with Gasteiger partial charge in [-0.05, 0) is 12.8 Å². The highest BCUT2D eigenvalue weighted by molar-refractivity contribution is 7.70. The van der Waals surface area contributed by atoms with Crippen LogP contribution in [0, 0.1) is 0 Å². The first-order valence-corrected chi connectivity index (χ1v) is 8.34. The van der Waals surface area contributed by atoms with Crippen molar-refractivity contribution in [2.24, 2.45) is 0 Å². The van der Waals surface area contributed by atoms with Gasteiger partial charge >= 0.3 is 0 Å². The first kappa shape index (κ1) is 13.4. The van der Waals surface area contributed by atoms with Crippen LogP contribution in [0.2, 0.25) is 0 Å². The first-order chi connectivity index (χ1) is 9.95. The Kier molecular flexibility index (Phi) is 4.47. The van der Waals surface area contributed by atoms with Crippen molar-refractivity contribution in [1.82, 2.24) is 10.2 Å². The van der Waals surface area contributed by atoms with E-state index in [4.69, 9.17) is 0 Å². The van der Waals surface area contributed by atoms with Crippen LogP contribution in [0.4, 0.5) is 0 Å². The SMILES string of the molecule is C1=CN(P(c2ccccc2)c2ccccc2)NCCC1. The van der Waals surface area contributed by atoms with Gasteiger partial charge in [-0.2, -0.15) is 0 Å². The molecule has 1 aliphatic rings. The third-order valence-corrected chi connectivity index (χ3v) is 5.57. The largest absolute Gasteiger partial charge is 0.286 e. The summed E-state index contributed by atoms with van der Waals surface area (Å²) in [5.41, 5.74) is 3.55. The molecule has 0 radical (unpaired) electrons. The molecule has 2 aromatic carbocycles. The van der Waals surface area contributed by atoms with Gasteiger partial charge in [-0.15, -0.1) is 0 Å². The Bertz CT molecular complexity index is 514. The van der Waals surface area contributed by atoms with Crippen LogP contribution < -0.4 is 16.0 Å². The van der Waals surface area contributed by atoms with Gasteiger partial charge in [0.2, 0.25) is 0 Å². The highest BCUT2D eigenvalue weighted by Gasteiger charge is 2.20. The van der Waals surface area contributed by atoms with E-state index >= 15 is 0 Å². The summed E-state index contributed by atoms with van der Waals surface area (Å²) in [5, 5.41) is 2.74. The number of nitrogens with one attached hydrogen (secondary N) is 1. The molecule has 0 aliphatic carbocycles. The van der Waals surface area contributed by atoms with Crippen LogP contribution in [0.3, 0.4) is 0 Å². The summed E-state index contributed by atoms with van der Waals surface area (Å²) < 4.78 is 2.30. The van der Waals surface area contributed by atoms with Gasteiger partial charge in [0.1, 0.15) is 0 Å². The van der Waals surface area contributed by atoms with E-state index in [2.05, 4.69) is 83.1 Å². The van der Waals surface area contributed by atoms with E-state index in [1.54, 1.807) is 0 Å². The summed E-state index contributed by atoms with van der Waals surface area (Å²) in [5.74, 6) is 0. The molecule has 1 N–H and O–H groups in total. The minimum atomic E-state index is -0.551. The van der Waals surface area contributed by atoms with Gasteiger partial charge in [-0.3, -0.25) is 4.78 Å². The maximum atomic E-state index is 3.55. The van der Waals surface area contributed by atoms with Crippen LogP contribution >= 0.6 is 8.07 Å². The second-order valence-electron chi connectivity index (χ2n) is 4.76. The van der Waals surface area contributed by atoms with E-state index in [1.807, 2.05) is 0 Å². The minimum Gasteiger partial charge on any atom is -0.286 e. The third kappa shape index (κ3) is 3.09. The van der Waals surface area contributed by atoms with Crippen molar-refractivity contribution >= 4 is 18.7 Å². The lowest BCUT2D eigenvalue weighted by atomic mass is 10.3. The van der Waals surface area contributed by atoms with Crippen molar-refractivity contribution in [2.75, 3.05) is 6.54 Å². The molecule has 0 bridgehead atoms. The molecule has 0 unspecified atom stereocenters. The lowest BCUT2D eigenvalue weighted by Gasteiger charge is -2.30. The molecule has 0 saturated heterocycles. The Labute approximate surface area is 121 Å². The number of hydrazine groups is 1. The zero-order valence-electron chi connectivity index (χ0n) is 11.4. The molecule has 0 spiro atoms. The lowest BCUT2D eigenvalue weighted by molar-refractivity contribution is 0.450. The first-order valence-electron chi connectivity index (χ1n) is 7.05. The van der Waals surface area contributed by atoms with E-state index in [9.17, 15) is 0 Å². The Morgan fingerprint density at radius 2 is 1.45 bits per heavy atom. The van der Waals surface area contributed by atoms with Crippen molar-refractivity contribution in [2.45, 2.75) is 12.8 Å². The molecule has 2 aromatic rings. The maximum Gasteiger partial charge on any atom is 0.0715 e. The Hall–Kier alpha value is -1.63. The molecule has 0 amide bonds. The van der Waals surface area contributed by atoms with Crippen LogP contribution in [0.5, 0.6) is 0 Å². The quantitative estimate of drug-likeness (QED) is 0.870. The van der Waals surface area contributed by atoms with Crippen LogP contribution in [-0.4, -0.2) is 11.3 Å². The Morgan fingerprint density at radius 3 is 2.05 bits per heavy atom. The number of nitrogens with zero attached hydrogens (tertiary/aromatic N) is 1. The second kappa shape index (κ2) is 6.69. The molecular formula is C17H19N2P. The highest BCUT2D eigenvalue weighted by atomic mass is 31.1. The predicted octanol–water partition coefficient (Wildman–Crippen LogP) is 3.15. The molecule has 1 aliphatic heterocycles. The van der Waals surface area contributed by atoms with Gasteiger partial charge in [0.05, 0.1) is 8.07 Å². The van der Waals surface area contributed by atoms with Crippen LogP contribution in [0.15, 0.2) is 72.9 Å². The minimum absolute atomic E-state index is 0.551. The van der Waals surface area contributed by atoms with Gasteiger partial charge in [-0.1, -0.05) is 66.7 Å². The molecule has 102 valence electrons. The number of benzene rings is 2. The normalized spacial score (nSPS) is 15.3. The zero-order valence-corrected chi connectivity index (χ0v) is 12.3. The van der Waals surface area contributed by atoms with Crippen molar-refractivity contribution in [3.05, 3.63) is 72.9 Å². The van der Waals surface area contributed by atoms with Crippen LogP contribution in [0.25, 0.3) is 0 Å². The third-order valence-electron chi connectivity index (χ3n) is 3.28. The number of rotatable bonds is 3. The van der Waals surface area contributed by atoms with Gasteiger partial charge in [0, 0.05) is 23.4 Å². The Balaban J connectivity index is 1.99. The lowest BCUT2D eigenvalue weighted by Crippen LogP contribution is -2.35. The molecule has 3 heteroatoms. The molecule has 20 heavy (non-hydrogen) atoms. The number of allylic oxidation sites excluding steroid dienone is 1. The van der Waals surface area contributed by atoms with Gasteiger partial charge in [0.25, 0.3) is 0 Å². The van der Waals surface area contributed by atoms with Crippen molar-refractivity contribution in [3.8, 4) is 0 Å². The molecule has 0 aromatic heterocycles. The molecule has 2 nitrogen and oxygen atoms in total. The van der Waals surface area contributed by atoms with Crippen molar-refractivity contribution in [3.63, 3.8) is 0 Å². The smallest absolute Gasteiger partial charge is 0.0715 e. The van der Waals surface area contributed by atoms with E-state index in [1.165, 1.54) is 17.0 Å². The summed E-state index contributed by atoms with van der Waals surface area (Å²) in [6.45, 7) is 1.03. The van der Waals surface area contributed by atoms with Crippen LogP contribution in [-0.2, 0) is 0 Å². The average Bonchev–Trinajstić information content (AvgIpc) is 2.79. The maximum absolute atomic E-state index is 3.55. The fourth-order valence-electron chi connectivity index (χ4n) is 2.31.